The Morgan fingerprint density at radius 3 is 1.28 bits per heavy atom. The number of carbonyl (C=O) groups is 3. The highest BCUT2D eigenvalue weighted by Crippen LogP contribution is 2.20. The van der Waals surface area contributed by atoms with Gasteiger partial charge in [-0.05, 0) is 63.5 Å². The molecular formula is C26H25Cl3O3. The molecule has 3 aromatic rings. The van der Waals surface area contributed by atoms with Gasteiger partial charge in [-0.15, -0.1) is 0 Å². The van der Waals surface area contributed by atoms with Crippen LogP contribution in [0.15, 0.2) is 84.9 Å². The third kappa shape index (κ3) is 11.8. The number of hydrogen-bond acceptors (Lipinski definition) is 3. The van der Waals surface area contributed by atoms with Crippen LogP contribution in [0.1, 0.15) is 47.9 Å². The summed E-state index contributed by atoms with van der Waals surface area (Å²) in [6.45, 7) is 5.94. The molecule has 168 valence electrons. The van der Waals surface area contributed by atoms with Gasteiger partial charge in [0, 0.05) is 17.5 Å². The molecule has 0 saturated carbocycles. The first kappa shape index (κ1) is 27.6. The first-order chi connectivity index (χ1) is 15.0. The van der Waals surface area contributed by atoms with Crippen molar-refractivity contribution in [3.63, 3.8) is 0 Å². The number of halogens is 3. The van der Waals surface area contributed by atoms with E-state index in [0.29, 0.717) is 17.5 Å². The van der Waals surface area contributed by atoms with E-state index in [4.69, 9.17) is 34.8 Å². The monoisotopic (exact) mass is 490 g/mol. The molecule has 3 aromatic carbocycles. The Hall–Kier alpha value is -2.46. The summed E-state index contributed by atoms with van der Waals surface area (Å²) >= 11 is 15.7. The zero-order valence-electron chi connectivity index (χ0n) is 18.1. The molecular weight excluding hydrogens is 467 g/mol. The van der Waals surface area contributed by atoms with Crippen LogP contribution in [0.2, 0.25) is 0 Å². The minimum atomic E-state index is -0.422. The van der Waals surface area contributed by atoms with Gasteiger partial charge in [0.15, 0.2) is 0 Å². The second-order valence-electron chi connectivity index (χ2n) is 7.95. The van der Waals surface area contributed by atoms with Crippen LogP contribution in [0, 0.1) is 5.41 Å². The molecule has 0 aliphatic heterocycles. The Balaban J connectivity index is 0.000000260. The molecule has 3 rings (SSSR count). The Bertz CT molecular complexity index is 994. The molecule has 0 N–H and O–H groups in total. The van der Waals surface area contributed by atoms with Gasteiger partial charge < -0.3 is 0 Å². The second kappa shape index (κ2) is 13.8. The molecule has 0 fully saturated rings. The maximum absolute atomic E-state index is 10.9. The van der Waals surface area contributed by atoms with Crippen molar-refractivity contribution in [2.75, 3.05) is 0 Å². The van der Waals surface area contributed by atoms with E-state index in [1.54, 1.807) is 36.4 Å². The average Bonchev–Trinajstić information content (AvgIpc) is 2.74. The number of carbonyl (C=O) groups excluding carboxylic acids is 3. The highest BCUT2D eigenvalue weighted by molar-refractivity contribution is 6.68. The topological polar surface area (TPSA) is 51.2 Å². The van der Waals surface area contributed by atoms with E-state index in [9.17, 15) is 14.4 Å². The van der Waals surface area contributed by atoms with Gasteiger partial charge in [-0.1, -0.05) is 93.6 Å². The van der Waals surface area contributed by atoms with E-state index in [-0.39, 0.29) is 10.7 Å². The van der Waals surface area contributed by atoms with Gasteiger partial charge in [-0.2, -0.15) is 0 Å². The van der Waals surface area contributed by atoms with E-state index >= 15 is 0 Å². The Morgan fingerprint density at radius 1 is 0.594 bits per heavy atom. The first-order valence-electron chi connectivity index (χ1n) is 9.78. The molecule has 0 unspecified atom stereocenters. The second-order valence-corrected chi connectivity index (χ2v) is 9.06. The highest BCUT2D eigenvalue weighted by Gasteiger charge is 2.13. The molecule has 0 aliphatic rings. The molecule has 0 amide bonds. The third-order valence-electron chi connectivity index (χ3n) is 3.89. The Labute approximate surface area is 204 Å². The van der Waals surface area contributed by atoms with Gasteiger partial charge in [0.1, 0.15) is 0 Å². The largest absolute Gasteiger partial charge is 0.281 e. The summed E-state index contributed by atoms with van der Waals surface area (Å²) in [6.07, 6.45) is 0.453. The van der Waals surface area contributed by atoms with Crippen molar-refractivity contribution in [3.8, 4) is 11.1 Å². The van der Waals surface area contributed by atoms with Gasteiger partial charge in [0.2, 0.25) is 5.24 Å². The molecule has 32 heavy (non-hydrogen) atoms. The van der Waals surface area contributed by atoms with Crippen LogP contribution < -0.4 is 0 Å². The van der Waals surface area contributed by atoms with Crippen LogP contribution in [-0.4, -0.2) is 15.7 Å². The van der Waals surface area contributed by atoms with Crippen molar-refractivity contribution in [2.24, 2.45) is 5.41 Å². The Morgan fingerprint density at radius 2 is 0.969 bits per heavy atom. The van der Waals surface area contributed by atoms with Gasteiger partial charge in [-0.3, -0.25) is 14.4 Å². The minimum absolute atomic E-state index is 0.0405. The van der Waals surface area contributed by atoms with Gasteiger partial charge in [0.05, 0.1) is 0 Å². The van der Waals surface area contributed by atoms with Crippen LogP contribution in [0.3, 0.4) is 0 Å². The quantitative estimate of drug-likeness (QED) is 0.347. The predicted molar refractivity (Wildman–Crippen MR) is 134 cm³/mol. The molecule has 0 atom stereocenters. The molecule has 6 heteroatoms. The van der Waals surface area contributed by atoms with Crippen molar-refractivity contribution in [1.29, 1.82) is 0 Å². The van der Waals surface area contributed by atoms with Crippen molar-refractivity contribution in [2.45, 2.75) is 27.2 Å². The average molecular weight is 492 g/mol. The van der Waals surface area contributed by atoms with Gasteiger partial charge >= 0.3 is 0 Å². The van der Waals surface area contributed by atoms with Gasteiger partial charge in [-0.25, -0.2) is 0 Å². The normalized spacial score (nSPS) is 10.1. The summed E-state index contributed by atoms with van der Waals surface area (Å²) in [7, 11) is 0. The lowest BCUT2D eigenvalue weighted by Gasteiger charge is -2.13. The van der Waals surface area contributed by atoms with Crippen molar-refractivity contribution < 1.29 is 14.4 Å². The van der Waals surface area contributed by atoms with Crippen LogP contribution in [0.5, 0.6) is 0 Å². The van der Waals surface area contributed by atoms with Crippen molar-refractivity contribution >= 4 is 50.5 Å². The van der Waals surface area contributed by atoms with E-state index in [0.717, 1.165) is 11.1 Å². The highest BCUT2D eigenvalue weighted by atomic mass is 35.5. The first-order valence-corrected chi connectivity index (χ1v) is 10.9. The standard InChI is InChI=1S/C13H9ClO.C7H5ClO.C6H11ClO/c14-13(15)12-8-6-11(7-9-12)10-4-2-1-3-5-10;8-7(9)6-4-2-1-3-5-6;1-6(2,3)4-5(7)8/h1-9H;1-5H;4H2,1-3H3. The van der Waals surface area contributed by atoms with E-state index < -0.39 is 10.5 Å². The lowest BCUT2D eigenvalue weighted by Crippen LogP contribution is -2.08. The van der Waals surface area contributed by atoms with Crippen LogP contribution in [0.25, 0.3) is 11.1 Å². The van der Waals surface area contributed by atoms with Crippen molar-refractivity contribution in [1.82, 2.24) is 0 Å². The molecule has 0 aromatic heterocycles. The van der Waals surface area contributed by atoms with E-state index in [1.807, 2.05) is 69.3 Å². The maximum atomic E-state index is 10.9. The van der Waals surface area contributed by atoms with E-state index in [2.05, 4.69) is 0 Å². The fraction of sp³-hybridized carbons (Fsp3) is 0.192. The molecule has 0 radical (unpaired) electrons. The summed E-state index contributed by atoms with van der Waals surface area (Å²) in [6, 6.07) is 26.0. The number of benzene rings is 3. The fourth-order valence-electron chi connectivity index (χ4n) is 2.41. The van der Waals surface area contributed by atoms with E-state index in [1.165, 1.54) is 0 Å². The molecule has 0 bridgehead atoms. The summed E-state index contributed by atoms with van der Waals surface area (Å²) in [5.41, 5.74) is 3.32. The van der Waals surface area contributed by atoms with Crippen LogP contribution in [-0.2, 0) is 4.79 Å². The fourth-order valence-corrected chi connectivity index (χ4v) is 3.06. The SMILES string of the molecule is CC(C)(C)CC(=O)Cl.O=C(Cl)c1ccc(-c2ccccc2)cc1.O=C(Cl)c1ccccc1. The Kier molecular flexibility index (Phi) is 11.9. The summed E-state index contributed by atoms with van der Waals surface area (Å²) < 4.78 is 0. The summed E-state index contributed by atoms with van der Waals surface area (Å²) in [5, 5.41) is -1.08. The molecule has 0 aliphatic carbocycles. The molecule has 0 heterocycles. The number of hydrogen-bond donors (Lipinski definition) is 0. The zero-order chi connectivity index (χ0) is 24.1. The lowest BCUT2D eigenvalue weighted by atomic mass is 9.93. The summed E-state index contributed by atoms with van der Waals surface area (Å²) in [5.74, 6) is 0. The third-order valence-corrected chi connectivity index (χ3v) is 4.46. The molecule has 0 spiro atoms. The van der Waals surface area contributed by atoms with Crippen LogP contribution in [0.4, 0.5) is 0 Å². The maximum Gasteiger partial charge on any atom is 0.252 e. The summed E-state index contributed by atoms with van der Waals surface area (Å²) in [4.78, 5) is 31.5. The van der Waals surface area contributed by atoms with Crippen molar-refractivity contribution in [3.05, 3.63) is 96.1 Å². The lowest BCUT2D eigenvalue weighted by molar-refractivity contribution is -0.113. The number of rotatable bonds is 4. The smallest absolute Gasteiger partial charge is 0.252 e. The minimum Gasteiger partial charge on any atom is -0.281 e. The molecule has 0 saturated heterocycles. The molecule has 3 nitrogen and oxygen atoms in total. The van der Waals surface area contributed by atoms with Gasteiger partial charge in [0.25, 0.3) is 10.5 Å². The van der Waals surface area contributed by atoms with Crippen LogP contribution >= 0.6 is 34.8 Å². The zero-order valence-corrected chi connectivity index (χ0v) is 20.4. The predicted octanol–water partition coefficient (Wildman–Crippen LogP) is 7.99.